The van der Waals surface area contributed by atoms with E-state index < -0.39 is 0 Å². The Morgan fingerprint density at radius 1 is 1.00 bits per heavy atom. The zero-order chi connectivity index (χ0) is 14.1. The van der Waals surface area contributed by atoms with Gasteiger partial charge in [0.25, 0.3) is 0 Å². The van der Waals surface area contributed by atoms with Crippen LogP contribution in [0.4, 0.5) is 0 Å². The smallest absolute Gasteiger partial charge is 0.142 e. The maximum Gasteiger partial charge on any atom is 0.142 e. The summed E-state index contributed by atoms with van der Waals surface area (Å²) in [7, 11) is 0. The fourth-order valence-corrected chi connectivity index (χ4v) is 2.22. The van der Waals surface area contributed by atoms with Crippen LogP contribution in [0.1, 0.15) is 5.56 Å². The van der Waals surface area contributed by atoms with Gasteiger partial charge >= 0.3 is 0 Å². The van der Waals surface area contributed by atoms with Gasteiger partial charge in [0.1, 0.15) is 17.6 Å². The third kappa shape index (κ3) is 2.68. The van der Waals surface area contributed by atoms with Crippen LogP contribution in [0.15, 0.2) is 36.4 Å². The molecule has 102 valence electrons. The summed E-state index contributed by atoms with van der Waals surface area (Å²) in [6.45, 7) is 0.294. The van der Waals surface area contributed by atoms with E-state index in [-0.39, 0.29) is 0 Å². The van der Waals surface area contributed by atoms with Crippen LogP contribution in [-0.4, -0.2) is 15.2 Å². The number of benzene rings is 2. The normalized spacial score (nSPS) is 10.9. The Labute approximate surface area is 129 Å². The topological polar surface area (TPSA) is 39.9 Å². The van der Waals surface area contributed by atoms with E-state index in [4.69, 9.17) is 39.6 Å². The summed E-state index contributed by atoms with van der Waals surface area (Å²) in [6, 6.07) is 10.6. The maximum atomic E-state index is 5.95. The SMILES string of the molecule is Clc1ccc2nnn(OCc3ccc(Cl)c(Cl)c3)c2c1. The first-order valence-electron chi connectivity index (χ1n) is 5.72. The quantitative estimate of drug-likeness (QED) is 0.729. The molecular weight excluding hydrogens is 321 g/mol. The number of halogens is 3. The standard InChI is InChI=1S/C13H8Cl3N3O/c14-9-2-4-12-13(6-9)19(18-17-12)20-7-8-1-3-10(15)11(16)5-8/h1-6H,7H2. The van der Waals surface area contributed by atoms with E-state index >= 15 is 0 Å². The lowest BCUT2D eigenvalue weighted by Crippen LogP contribution is -2.12. The average molecular weight is 329 g/mol. The molecule has 0 fully saturated rings. The van der Waals surface area contributed by atoms with Crippen LogP contribution < -0.4 is 4.84 Å². The number of rotatable bonds is 3. The molecule has 1 heterocycles. The Balaban J connectivity index is 1.83. The zero-order valence-electron chi connectivity index (χ0n) is 10.1. The molecule has 0 aliphatic rings. The first-order chi connectivity index (χ1) is 9.63. The van der Waals surface area contributed by atoms with Crippen LogP contribution in [0.3, 0.4) is 0 Å². The van der Waals surface area contributed by atoms with Gasteiger partial charge < -0.3 is 4.84 Å². The lowest BCUT2D eigenvalue weighted by Gasteiger charge is -2.06. The van der Waals surface area contributed by atoms with Crippen molar-refractivity contribution in [1.82, 2.24) is 15.2 Å². The van der Waals surface area contributed by atoms with Crippen molar-refractivity contribution < 1.29 is 4.84 Å². The van der Waals surface area contributed by atoms with Crippen molar-refractivity contribution in [2.45, 2.75) is 6.61 Å². The molecule has 0 atom stereocenters. The second kappa shape index (κ2) is 5.48. The van der Waals surface area contributed by atoms with Gasteiger partial charge in [-0.3, -0.25) is 0 Å². The summed E-state index contributed by atoms with van der Waals surface area (Å²) in [6.07, 6.45) is 0. The third-order valence-corrected chi connectivity index (χ3v) is 3.69. The fraction of sp³-hybridized carbons (Fsp3) is 0.0769. The highest BCUT2D eigenvalue weighted by Crippen LogP contribution is 2.23. The first kappa shape index (κ1) is 13.5. The third-order valence-electron chi connectivity index (χ3n) is 2.71. The van der Waals surface area contributed by atoms with Crippen LogP contribution in [0.2, 0.25) is 15.1 Å². The van der Waals surface area contributed by atoms with Gasteiger partial charge in [0.15, 0.2) is 0 Å². The molecule has 0 aliphatic carbocycles. The molecule has 0 aliphatic heterocycles. The van der Waals surface area contributed by atoms with E-state index in [0.717, 1.165) is 5.56 Å². The lowest BCUT2D eigenvalue weighted by atomic mass is 10.2. The molecule has 0 saturated heterocycles. The number of fused-ring (bicyclic) bond motifs is 1. The van der Waals surface area contributed by atoms with E-state index in [0.29, 0.717) is 32.7 Å². The minimum absolute atomic E-state index is 0.294. The summed E-state index contributed by atoms with van der Waals surface area (Å²) >= 11 is 17.8. The molecule has 4 nitrogen and oxygen atoms in total. The molecular formula is C13H8Cl3N3O. The first-order valence-corrected chi connectivity index (χ1v) is 6.85. The molecule has 0 N–H and O–H groups in total. The highest BCUT2D eigenvalue weighted by atomic mass is 35.5. The van der Waals surface area contributed by atoms with Gasteiger partial charge in [0, 0.05) is 5.02 Å². The molecule has 2 aromatic carbocycles. The summed E-state index contributed by atoms with van der Waals surface area (Å²) in [5.74, 6) is 0. The second-order valence-electron chi connectivity index (χ2n) is 4.12. The van der Waals surface area contributed by atoms with Gasteiger partial charge in [-0.05, 0) is 41.1 Å². The Morgan fingerprint density at radius 2 is 1.85 bits per heavy atom. The predicted octanol–water partition coefficient (Wildman–Crippen LogP) is 4.02. The Hall–Kier alpha value is -1.49. The summed E-state index contributed by atoms with van der Waals surface area (Å²) in [5.41, 5.74) is 2.30. The van der Waals surface area contributed by atoms with Crippen LogP contribution in [0.25, 0.3) is 11.0 Å². The number of hydrogen-bond acceptors (Lipinski definition) is 3. The van der Waals surface area contributed by atoms with Gasteiger partial charge in [-0.2, -0.15) is 0 Å². The maximum absolute atomic E-state index is 5.95. The zero-order valence-corrected chi connectivity index (χ0v) is 12.3. The molecule has 0 amide bonds. The number of hydrogen-bond donors (Lipinski definition) is 0. The molecule has 0 spiro atoms. The van der Waals surface area contributed by atoms with Crippen molar-refractivity contribution in [2.24, 2.45) is 0 Å². The Morgan fingerprint density at radius 3 is 2.65 bits per heavy atom. The van der Waals surface area contributed by atoms with E-state index in [1.165, 1.54) is 4.85 Å². The monoisotopic (exact) mass is 327 g/mol. The minimum atomic E-state index is 0.294. The van der Waals surface area contributed by atoms with Crippen molar-refractivity contribution in [1.29, 1.82) is 0 Å². The van der Waals surface area contributed by atoms with Gasteiger partial charge in [-0.25, -0.2) is 0 Å². The molecule has 3 rings (SSSR count). The average Bonchev–Trinajstić information content (AvgIpc) is 2.82. The molecule has 0 bridgehead atoms. The number of nitrogens with zero attached hydrogens (tertiary/aromatic N) is 3. The Kier molecular flexibility index (Phi) is 3.70. The van der Waals surface area contributed by atoms with Crippen LogP contribution >= 0.6 is 34.8 Å². The summed E-state index contributed by atoms with van der Waals surface area (Å²) in [4.78, 5) is 6.91. The van der Waals surface area contributed by atoms with Crippen LogP contribution in [0, 0.1) is 0 Å². The van der Waals surface area contributed by atoms with E-state index in [2.05, 4.69) is 10.3 Å². The van der Waals surface area contributed by atoms with Gasteiger partial charge in [-0.15, -0.1) is 5.10 Å². The molecule has 0 saturated carbocycles. The summed E-state index contributed by atoms with van der Waals surface area (Å²) < 4.78 is 0. The molecule has 20 heavy (non-hydrogen) atoms. The van der Waals surface area contributed by atoms with Crippen LogP contribution in [-0.2, 0) is 6.61 Å². The van der Waals surface area contributed by atoms with E-state index in [1.54, 1.807) is 30.3 Å². The second-order valence-corrected chi connectivity index (χ2v) is 5.37. The molecule has 0 radical (unpaired) electrons. The van der Waals surface area contributed by atoms with Gasteiger partial charge in [0.05, 0.1) is 10.0 Å². The largest absolute Gasteiger partial charge is 0.390 e. The van der Waals surface area contributed by atoms with E-state index in [9.17, 15) is 0 Å². The van der Waals surface area contributed by atoms with Crippen molar-refractivity contribution in [2.75, 3.05) is 0 Å². The van der Waals surface area contributed by atoms with Crippen molar-refractivity contribution >= 4 is 45.8 Å². The minimum Gasteiger partial charge on any atom is -0.390 e. The molecule has 3 aromatic rings. The van der Waals surface area contributed by atoms with E-state index in [1.807, 2.05) is 6.07 Å². The van der Waals surface area contributed by atoms with Gasteiger partial charge in [0.2, 0.25) is 0 Å². The molecule has 0 unspecified atom stereocenters. The lowest BCUT2D eigenvalue weighted by molar-refractivity contribution is 0.0752. The number of aromatic nitrogens is 3. The van der Waals surface area contributed by atoms with Crippen molar-refractivity contribution in [3.63, 3.8) is 0 Å². The molecule has 7 heteroatoms. The molecule has 1 aromatic heterocycles. The van der Waals surface area contributed by atoms with Gasteiger partial charge in [-0.1, -0.05) is 45.7 Å². The predicted molar refractivity (Wildman–Crippen MR) is 79.3 cm³/mol. The Bertz CT molecular complexity index is 773. The highest BCUT2D eigenvalue weighted by molar-refractivity contribution is 6.42. The summed E-state index contributed by atoms with van der Waals surface area (Å²) in [5, 5.41) is 9.49. The fourth-order valence-electron chi connectivity index (χ4n) is 1.73. The van der Waals surface area contributed by atoms with Crippen LogP contribution in [0.5, 0.6) is 0 Å². The highest BCUT2D eigenvalue weighted by Gasteiger charge is 2.07. The van der Waals surface area contributed by atoms with Crippen molar-refractivity contribution in [3.05, 3.63) is 57.0 Å². The van der Waals surface area contributed by atoms with Crippen molar-refractivity contribution in [3.8, 4) is 0 Å².